The molecule has 3 aromatic rings. The van der Waals surface area contributed by atoms with Crippen LogP contribution in [0.25, 0.3) is 11.4 Å². The van der Waals surface area contributed by atoms with Gasteiger partial charge in [0.2, 0.25) is 11.6 Å². The molecule has 0 bridgehead atoms. The summed E-state index contributed by atoms with van der Waals surface area (Å²) in [6, 6.07) is 5.51. The Labute approximate surface area is 174 Å². The van der Waals surface area contributed by atoms with Gasteiger partial charge in [0.15, 0.2) is 11.5 Å². The molecule has 1 aromatic carbocycles. The monoisotopic (exact) mass is 421 g/mol. The zero-order valence-corrected chi connectivity index (χ0v) is 17.4. The molecular formula is C19H24ClN5O4. The Morgan fingerprint density at radius 3 is 2.31 bits per heavy atom. The summed E-state index contributed by atoms with van der Waals surface area (Å²) in [7, 11) is 4.71. The lowest BCUT2D eigenvalue weighted by atomic mass is 9.88. The van der Waals surface area contributed by atoms with Crippen LogP contribution < -0.4 is 19.5 Å². The Balaban J connectivity index is 0.00000240. The van der Waals surface area contributed by atoms with Crippen LogP contribution in [0.15, 0.2) is 35.1 Å². The van der Waals surface area contributed by atoms with Crippen LogP contribution in [0.4, 0.5) is 0 Å². The van der Waals surface area contributed by atoms with Gasteiger partial charge in [-0.15, -0.1) is 12.4 Å². The van der Waals surface area contributed by atoms with Crippen LogP contribution in [-0.2, 0) is 5.54 Å². The predicted octanol–water partition coefficient (Wildman–Crippen LogP) is 2.51. The van der Waals surface area contributed by atoms with Gasteiger partial charge in [0, 0.05) is 18.0 Å². The van der Waals surface area contributed by atoms with Crippen molar-refractivity contribution in [2.24, 2.45) is 0 Å². The summed E-state index contributed by atoms with van der Waals surface area (Å²) in [4.78, 5) is 4.72. The first-order valence-electron chi connectivity index (χ1n) is 9.07. The van der Waals surface area contributed by atoms with Crippen LogP contribution >= 0.6 is 12.4 Å². The molecule has 0 unspecified atom stereocenters. The smallest absolute Gasteiger partial charge is 0.255 e. The highest BCUT2D eigenvalue weighted by atomic mass is 35.5. The van der Waals surface area contributed by atoms with Gasteiger partial charge < -0.3 is 24.1 Å². The van der Waals surface area contributed by atoms with E-state index >= 15 is 0 Å². The molecule has 1 saturated heterocycles. The lowest BCUT2D eigenvalue weighted by Crippen LogP contribution is -2.45. The standard InChI is InChI=1S/C19H23N5O4.ClH/c1-25-14-11-13(12-15(26-2)16(14)27-3)17-22-18(28-23-17)19(5-8-20-9-6-19)24-10-4-7-21-24;/h4,7,10-12,20H,5-6,8-9H2,1-3H3;1H. The first-order chi connectivity index (χ1) is 13.7. The van der Waals surface area contributed by atoms with Crippen molar-refractivity contribution >= 4 is 12.4 Å². The number of aromatic nitrogens is 4. The van der Waals surface area contributed by atoms with Crippen molar-refractivity contribution in [3.8, 4) is 28.6 Å². The number of nitrogens with zero attached hydrogens (tertiary/aromatic N) is 4. The highest BCUT2D eigenvalue weighted by Crippen LogP contribution is 2.41. The zero-order valence-electron chi connectivity index (χ0n) is 16.5. The molecule has 29 heavy (non-hydrogen) atoms. The van der Waals surface area contributed by atoms with Crippen LogP contribution in [0.2, 0.25) is 0 Å². The van der Waals surface area contributed by atoms with Crippen LogP contribution in [0.3, 0.4) is 0 Å². The van der Waals surface area contributed by atoms with Gasteiger partial charge in [0.1, 0.15) is 5.54 Å². The summed E-state index contributed by atoms with van der Waals surface area (Å²) in [5, 5.41) is 12.1. The van der Waals surface area contributed by atoms with Crippen molar-refractivity contribution in [1.82, 2.24) is 25.2 Å². The Morgan fingerprint density at radius 1 is 1.07 bits per heavy atom. The van der Waals surface area contributed by atoms with Crippen molar-refractivity contribution in [3.05, 3.63) is 36.5 Å². The molecule has 0 amide bonds. The van der Waals surface area contributed by atoms with E-state index in [-0.39, 0.29) is 12.4 Å². The van der Waals surface area contributed by atoms with E-state index in [1.165, 1.54) is 0 Å². The van der Waals surface area contributed by atoms with E-state index < -0.39 is 5.54 Å². The number of halogens is 1. The number of piperidine rings is 1. The molecule has 156 valence electrons. The van der Waals surface area contributed by atoms with E-state index in [1.54, 1.807) is 39.7 Å². The second-order valence-electron chi connectivity index (χ2n) is 6.57. The molecule has 0 atom stereocenters. The second-order valence-corrected chi connectivity index (χ2v) is 6.57. The minimum atomic E-state index is -0.458. The number of ether oxygens (including phenoxy) is 3. The molecular weight excluding hydrogens is 398 g/mol. The largest absolute Gasteiger partial charge is 0.493 e. The van der Waals surface area contributed by atoms with Gasteiger partial charge in [0.05, 0.1) is 21.3 Å². The van der Waals surface area contributed by atoms with E-state index in [1.807, 2.05) is 16.9 Å². The molecule has 4 rings (SSSR count). The van der Waals surface area contributed by atoms with E-state index in [4.69, 9.17) is 23.7 Å². The van der Waals surface area contributed by atoms with E-state index in [0.29, 0.717) is 34.5 Å². The summed E-state index contributed by atoms with van der Waals surface area (Å²) in [6.45, 7) is 1.70. The molecule has 1 aliphatic rings. The quantitative estimate of drug-likeness (QED) is 0.648. The van der Waals surface area contributed by atoms with E-state index in [2.05, 4.69) is 15.6 Å². The van der Waals surface area contributed by atoms with Crippen molar-refractivity contribution < 1.29 is 18.7 Å². The van der Waals surface area contributed by atoms with Crippen LogP contribution in [-0.4, -0.2) is 54.3 Å². The predicted molar refractivity (Wildman–Crippen MR) is 108 cm³/mol. The Hall–Kier alpha value is -2.78. The number of hydrogen-bond donors (Lipinski definition) is 1. The van der Waals surface area contributed by atoms with Crippen molar-refractivity contribution in [2.75, 3.05) is 34.4 Å². The van der Waals surface area contributed by atoms with E-state index in [9.17, 15) is 0 Å². The number of hydrogen-bond acceptors (Lipinski definition) is 8. The lowest BCUT2D eigenvalue weighted by Gasteiger charge is -2.34. The van der Waals surface area contributed by atoms with Gasteiger partial charge in [-0.3, -0.25) is 4.68 Å². The summed E-state index contributed by atoms with van der Waals surface area (Å²) in [5.74, 6) is 2.59. The molecule has 1 N–H and O–H groups in total. The van der Waals surface area contributed by atoms with Crippen molar-refractivity contribution in [3.63, 3.8) is 0 Å². The minimum absolute atomic E-state index is 0. The summed E-state index contributed by atoms with van der Waals surface area (Å²) in [5.41, 5.74) is 0.259. The molecule has 3 heterocycles. The fourth-order valence-electron chi connectivity index (χ4n) is 3.64. The molecule has 0 spiro atoms. The number of methoxy groups -OCH3 is 3. The average Bonchev–Trinajstić information content (AvgIpc) is 3.46. The maximum absolute atomic E-state index is 5.73. The Kier molecular flexibility index (Phi) is 6.29. The second kappa shape index (κ2) is 8.71. The first-order valence-corrected chi connectivity index (χ1v) is 9.07. The van der Waals surface area contributed by atoms with Crippen LogP contribution in [0.5, 0.6) is 17.2 Å². The fraction of sp³-hybridized carbons (Fsp3) is 0.421. The molecule has 1 fully saturated rings. The zero-order chi connectivity index (χ0) is 19.6. The summed E-state index contributed by atoms with van der Waals surface area (Å²) in [6.07, 6.45) is 5.33. The molecule has 9 nitrogen and oxygen atoms in total. The molecule has 2 aromatic heterocycles. The molecule has 1 aliphatic heterocycles. The maximum atomic E-state index is 5.73. The van der Waals surface area contributed by atoms with Crippen LogP contribution in [0.1, 0.15) is 18.7 Å². The van der Waals surface area contributed by atoms with E-state index in [0.717, 1.165) is 25.9 Å². The van der Waals surface area contributed by atoms with Crippen LogP contribution in [0, 0.1) is 0 Å². The molecule has 0 saturated carbocycles. The number of nitrogens with one attached hydrogen (secondary N) is 1. The van der Waals surface area contributed by atoms with Gasteiger partial charge in [-0.25, -0.2) is 0 Å². The first kappa shape index (κ1) is 20.9. The van der Waals surface area contributed by atoms with Crippen molar-refractivity contribution in [1.29, 1.82) is 0 Å². The third-order valence-electron chi connectivity index (χ3n) is 5.12. The highest BCUT2D eigenvalue weighted by molar-refractivity contribution is 5.85. The fourth-order valence-corrected chi connectivity index (χ4v) is 3.64. The maximum Gasteiger partial charge on any atom is 0.255 e. The topological polar surface area (TPSA) is 96.5 Å². The van der Waals surface area contributed by atoms with Crippen molar-refractivity contribution in [2.45, 2.75) is 18.4 Å². The van der Waals surface area contributed by atoms with Gasteiger partial charge >= 0.3 is 0 Å². The Bertz CT molecular complexity index is 913. The highest BCUT2D eigenvalue weighted by Gasteiger charge is 2.42. The van der Waals surface area contributed by atoms with Gasteiger partial charge in [-0.05, 0) is 44.1 Å². The van der Waals surface area contributed by atoms with Gasteiger partial charge in [-0.1, -0.05) is 5.16 Å². The molecule has 10 heteroatoms. The molecule has 0 aliphatic carbocycles. The molecule has 0 radical (unpaired) electrons. The third-order valence-corrected chi connectivity index (χ3v) is 5.12. The lowest BCUT2D eigenvalue weighted by molar-refractivity contribution is 0.172. The van der Waals surface area contributed by atoms with Gasteiger partial charge in [-0.2, -0.15) is 10.1 Å². The Morgan fingerprint density at radius 2 is 1.76 bits per heavy atom. The summed E-state index contributed by atoms with van der Waals surface area (Å²) < 4.78 is 23.9. The normalized spacial score (nSPS) is 15.4. The summed E-state index contributed by atoms with van der Waals surface area (Å²) >= 11 is 0. The number of benzene rings is 1. The number of rotatable bonds is 6. The SMILES string of the molecule is COc1cc(-c2noc(C3(n4cccn4)CCNCC3)n2)cc(OC)c1OC.Cl. The minimum Gasteiger partial charge on any atom is -0.493 e. The van der Waals surface area contributed by atoms with Gasteiger partial charge in [0.25, 0.3) is 5.89 Å². The average molecular weight is 422 g/mol. The third kappa shape index (κ3) is 3.63.